The van der Waals surface area contributed by atoms with E-state index in [0.717, 1.165) is 17.7 Å². The fourth-order valence-electron chi connectivity index (χ4n) is 1.55. The van der Waals surface area contributed by atoms with E-state index in [1.165, 1.54) is 0 Å². The summed E-state index contributed by atoms with van der Waals surface area (Å²) in [6.07, 6.45) is 3.26. The maximum atomic E-state index is 11.9. The van der Waals surface area contributed by atoms with Crippen LogP contribution in [0.3, 0.4) is 0 Å². The van der Waals surface area contributed by atoms with Crippen molar-refractivity contribution < 1.29 is 4.79 Å². The summed E-state index contributed by atoms with van der Waals surface area (Å²) in [7, 11) is 0. The van der Waals surface area contributed by atoms with Gasteiger partial charge in [-0.3, -0.25) is 9.89 Å². The van der Waals surface area contributed by atoms with Gasteiger partial charge in [-0.25, -0.2) is 0 Å². The Balaban J connectivity index is 2.53. The first-order valence-corrected chi connectivity index (χ1v) is 6.03. The van der Waals surface area contributed by atoms with Gasteiger partial charge in [0.25, 0.3) is 0 Å². The number of nitrogens with zero attached hydrogens (tertiary/aromatic N) is 1. The lowest BCUT2D eigenvalue weighted by Gasteiger charge is -2.14. The molecule has 0 aliphatic carbocycles. The number of aryl methyl sites for hydroxylation is 1. The van der Waals surface area contributed by atoms with Crippen LogP contribution < -0.4 is 11.1 Å². The van der Waals surface area contributed by atoms with Gasteiger partial charge in [0.1, 0.15) is 0 Å². The van der Waals surface area contributed by atoms with Gasteiger partial charge in [0, 0.05) is 17.8 Å². The predicted molar refractivity (Wildman–Crippen MR) is 70.4 cm³/mol. The van der Waals surface area contributed by atoms with Gasteiger partial charge in [0.15, 0.2) is 0 Å². The molecule has 1 rings (SSSR count). The first kappa shape index (κ1) is 13.6. The van der Waals surface area contributed by atoms with E-state index in [1.54, 1.807) is 6.20 Å². The molecule has 1 atom stereocenters. The topological polar surface area (TPSA) is 83.8 Å². The zero-order valence-corrected chi connectivity index (χ0v) is 10.9. The van der Waals surface area contributed by atoms with Crippen LogP contribution in [-0.4, -0.2) is 21.1 Å². The highest BCUT2D eigenvalue weighted by Crippen LogP contribution is 2.08. The van der Waals surface area contributed by atoms with Gasteiger partial charge < -0.3 is 11.1 Å². The summed E-state index contributed by atoms with van der Waals surface area (Å²) in [6.45, 7) is 4.36. The van der Waals surface area contributed by atoms with Crippen molar-refractivity contribution in [1.29, 1.82) is 0 Å². The Hall–Kier alpha value is -1.43. The number of nitrogens with one attached hydrogen (secondary N) is 2. The number of carbonyl (C=O) groups excluding carboxylic acids is 1. The zero-order chi connectivity index (χ0) is 12.8. The summed E-state index contributed by atoms with van der Waals surface area (Å²) in [4.78, 5) is 12.1. The van der Waals surface area contributed by atoms with Crippen LogP contribution in [0.5, 0.6) is 0 Å². The van der Waals surface area contributed by atoms with Crippen molar-refractivity contribution in [1.82, 2.24) is 15.5 Å². The maximum Gasteiger partial charge on any atom is 0.230 e. The first-order valence-electron chi connectivity index (χ1n) is 5.62. The van der Waals surface area contributed by atoms with Crippen LogP contribution >= 0.6 is 12.2 Å². The van der Waals surface area contributed by atoms with Crippen molar-refractivity contribution in [3.63, 3.8) is 0 Å². The minimum atomic E-state index is -0.373. The molecule has 0 saturated heterocycles. The summed E-state index contributed by atoms with van der Waals surface area (Å²) in [5.41, 5.74) is 7.48. The molecule has 1 amide bonds. The number of hydrogen-bond donors (Lipinski definition) is 3. The summed E-state index contributed by atoms with van der Waals surface area (Å²) < 4.78 is 0. The van der Waals surface area contributed by atoms with Crippen LogP contribution in [0.25, 0.3) is 0 Å². The van der Waals surface area contributed by atoms with E-state index in [1.807, 2.05) is 13.8 Å². The van der Waals surface area contributed by atoms with Gasteiger partial charge in [0.2, 0.25) is 5.91 Å². The van der Waals surface area contributed by atoms with Gasteiger partial charge in [-0.15, -0.1) is 0 Å². The van der Waals surface area contributed by atoms with E-state index >= 15 is 0 Å². The number of thiocarbonyl (C=S) groups is 1. The molecule has 1 unspecified atom stereocenters. The van der Waals surface area contributed by atoms with Crippen LogP contribution in [0.1, 0.15) is 31.0 Å². The molecule has 1 heterocycles. The number of rotatable bonds is 6. The van der Waals surface area contributed by atoms with Crippen molar-refractivity contribution in [3.8, 4) is 0 Å². The van der Waals surface area contributed by atoms with Crippen molar-refractivity contribution in [2.24, 2.45) is 11.7 Å². The number of H-pyrrole nitrogens is 1. The Kier molecular flexibility index (Phi) is 5.09. The third-order valence-corrected chi connectivity index (χ3v) is 2.91. The molecule has 0 aromatic carbocycles. The Morgan fingerprint density at radius 1 is 1.71 bits per heavy atom. The lowest BCUT2D eigenvalue weighted by atomic mass is 10.0. The maximum absolute atomic E-state index is 11.9. The molecule has 6 heteroatoms. The Morgan fingerprint density at radius 2 is 2.41 bits per heavy atom. The second-order valence-electron chi connectivity index (χ2n) is 3.98. The first-order chi connectivity index (χ1) is 8.06. The van der Waals surface area contributed by atoms with Crippen LogP contribution in [0.15, 0.2) is 6.20 Å². The number of aromatic nitrogens is 2. The molecule has 0 fully saturated rings. The van der Waals surface area contributed by atoms with Crippen molar-refractivity contribution >= 4 is 23.1 Å². The molecule has 5 nitrogen and oxygen atoms in total. The quantitative estimate of drug-likeness (QED) is 0.662. The fraction of sp³-hybridized carbons (Fsp3) is 0.545. The largest absolute Gasteiger partial charge is 0.393 e. The molecule has 0 bridgehead atoms. The van der Waals surface area contributed by atoms with E-state index in [2.05, 4.69) is 15.5 Å². The minimum absolute atomic E-state index is 0.111. The lowest BCUT2D eigenvalue weighted by molar-refractivity contribution is -0.123. The van der Waals surface area contributed by atoms with E-state index in [-0.39, 0.29) is 16.8 Å². The summed E-state index contributed by atoms with van der Waals surface area (Å²) in [5.74, 6) is -0.484. The van der Waals surface area contributed by atoms with Gasteiger partial charge in [-0.05, 0) is 13.3 Å². The highest BCUT2D eigenvalue weighted by molar-refractivity contribution is 7.80. The molecule has 0 aliphatic rings. The monoisotopic (exact) mass is 254 g/mol. The third kappa shape index (κ3) is 3.81. The van der Waals surface area contributed by atoms with Crippen LogP contribution in [0.4, 0.5) is 0 Å². The molecule has 0 aliphatic heterocycles. The average molecular weight is 254 g/mol. The third-order valence-electron chi connectivity index (χ3n) is 2.62. The summed E-state index contributed by atoms with van der Waals surface area (Å²) >= 11 is 4.90. The van der Waals surface area contributed by atoms with Gasteiger partial charge in [0.05, 0.1) is 17.1 Å². The van der Waals surface area contributed by atoms with Crippen molar-refractivity contribution in [2.75, 3.05) is 0 Å². The highest BCUT2D eigenvalue weighted by Gasteiger charge is 2.20. The van der Waals surface area contributed by atoms with Crippen LogP contribution in [0.2, 0.25) is 0 Å². The highest BCUT2D eigenvalue weighted by atomic mass is 32.1. The Morgan fingerprint density at radius 3 is 2.88 bits per heavy atom. The second-order valence-corrected chi connectivity index (χ2v) is 4.45. The average Bonchev–Trinajstić information content (AvgIpc) is 2.68. The van der Waals surface area contributed by atoms with Crippen molar-refractivity contribution in [2.45, 2.75) is 33.2 Å². The normalized spacial score (nSPS) is 12.1. The predicted octanol–water partition coefficient (Wildman–Crippen LogP) is 1.04. The minimum Gasteiger partial charge on any atom is -0.393 e. The molecule has 0 radical (unpaired) electrons. The number of amides is 1. The number of nitrogens with two attached hydrogens (primary N) is 1. The van der Waals surface area contributed by atoms with Gasteiger partial charge >= 0.3 is 0 Å². The van der Waals surface area contributed by atoms with E-state index in [9.17, 15) is 4.79 Å². The molecule has 1 aromatic heterocycles. The van der Waals surface area contributed by atoms with Gasteiger partial charge in [-0.1, -0.05) is 25.6 Å². The number of carbonyl (C=O) groups is 1. The van der Waals surface area contributed by atoms with E-state index in [0.29, 0.717) is 13.0 Å². The molecule has 94 valence electrons. The summed E-state index contributed by atoms with van der Waals surface area (Å²) in [6, 6.07) is 0. The lowest BCUT2D eigenvalue weighted by Crippen LogP contribution is -2.37. The van der Waals surface area contributed by atoms with Crippen LogP contribution in [-0.2, 0) is 11.3 Å². The molecule has 0 saturated carbocycles. The standard InChI is InChI=1S/C11H18N4OS/c1-3-4-9(10(12)17)11(16)13-5-8-6-14-15-7(8)2/h6,9H,3-5H2,1-2H3,(H2,12,17)(H,13,16)(H,14,15). The number of aromatic amines is 1. The van der Waals surface area contributed by atoms with Gasteiger partial charge in [-0.2, -0.15) is 5.10 Å². The van der Waals surface area contributed by atoms with E-state index < -0.39 is 0 Å². The second kappa shape index (κ2) is 6.34. The molecule has 4 N–H and O–H groups in total. The molecule has 1 aromatic rings. The molecule has 0 spiro atoms. The molecular formula is C11H18N4OS. The Bertz CT molecular complexity index is 402. The van der Waals surface area contributed by atoms with Crippen molar-refractivity contribution in [3.05, 3.63) is 17.5 Å². The smallest absolute Gasteiger partial charge is 0.230 e. The molecular weight excluding hydrogens is 236 g/mol. The molecule has 17 heavy (non-hydrogen) atoms. The summed E-state index contributed by atoms with van der Waals surface area (Å²) in [5, 5.41) is 9.53. The van der Waals surface area contributed by atoms with Crippen LogP contribution in [0, 0.1) is 12.8 Å². The van der Waals surface area contributed by atoms with E-state index in [4.69, 9.17) is 18.0 Å². The SMILES string of the molecule is CCCC(C(=O)NCc1cn[nH]c1C)C(N)=S. The Labute approximate surface area is 106 Å². The number of hydrogen-bond acceptors (Lipinski definition) is 3. The fourth-order valence-corrected chi connectivity index (χ4v) is 1.78. The zero-order valence-electron chi connectivity index (χ0n) is 10.1.